The van der Waals surface area contributed by atoms with Gasteiger partial charge in [-0.15, -0.1) is 0 Å². The lowest BCUT2D eigenvalue weighted by atomic mass is 9.91. The van der Waals surface area contributed by atoms with Crippen LogP contribution in [-0.4, -0.2) is 23.0 Å². The SMILES string of the molecule is C/C=C/CC(NC(=O)C1(c2cc(C)cc(C)c2)CC1)C(=O)O. The van der Waals surface area contributed by atoms with Gasteiger partial charge in [-0.2, -0.15) is 0 Å². The summed E-state index contributed by atoms with van der Waals surface area (Å²) in [5.41, 5.74) is 2.70. The number of nitrogens with one attached hydrogen (secondary N) is 1. The predicted octanol–water partition coefficient (Wildman–Crippen LogP) is 2.87. The lowest BCUT2D eigenvalue weighted by Crippen LogP contribution is -2.45. The summed E-state index contributed by atoms with van der Waals surface area (Å²) in [6.07, 6.45) is 5.41. The molecule has 1 aliphatic rings. The maximum Gasteiger partial charge on any atom is 0.326 e. The predicted molar refractivity (Wildman–Crippen MR) is 85.8 cm³/mol. The molecule has 0 bridgehead atoms. The van der Waals surface area contributed by atoms with Crippen molar-refractivity contribution in [2.45, 2.75) is 51.5 Å². The van der Waals surface area contributed by atoms with Crippen molar-refractivity contribution in [3.8, 4) is 0 Å². The molecule has 4 heteroatoms. The van der Waals surface area contributed by atoms with E-state index in [9.17, 15) is 14.7 Å². The third kappa shape index (κ3) is 3.38. The Bertz CT molecular complexity index is 595. The largest absolute Gasteiger partial charge is 0.480 e. The van der Waals surface area contributed by atoms with E-state index in [0.717, 1.165) is 29.5 Å². The minimum absolute atomic E-state index is 0.172. The Labute approximate surface area is 131 Å². The molecule has 0 spiro atoms. The molecule has 1 aromatic rings. The first-order valence-corrected chi connectivity index (χ1v) is 7.63. The van der Waals surface area contributed by atoms with Gasteiger partial charge in [-0.25, -0.2) is 4.79 Å². The van der Waals surface area contributed by atoms with E-state index in [2.05, 4.69) is 11.4 Å². The molecular weight excluding hydrogens is 278 g/mol. The molecule has 1 aliphatic carbocycles. The molecule has 1 saturated carbocycles. The second-order valence-electron chi connectivity index (χ2n) is 6.13. The molecule has 0 saturated heterocycles. The third-order valence-electron chi connectivity index (χ3n) is 4.17. The Morgan fingerprint density at radius 1 is 1.27 bits per heavy atom. The molecule has 1 unspecified atom stereocenters. The van der Waals surface area contributed by atoms with Crippen LogP contribution in [0.1, 0.15) is 42.9 Å². The lowest BCUT2D eigenvalue weighted by Gasteiger charge is -2.20. The van der Waals surface area contributed by atoms with E-state index in [1.165, 1.54) is 0 Å². The number of hydrogen-bond acceptors (Lipinski definition) is 2. The van der Waals surface area contributed by atoms with Gasteiger partial charge in [0.2, 0.25) is 5.91 Å². The van der Waals surface area contributed by atoms with Gasteiger partial charge in [0, 0.05) is 0 Å². The highest BCUT2D eigenvalue weighted by molar-refractivity contribution is 5.94. The van der Waals surface area contributed by atoms with Gasteiger partial charge in [-0.1, -0.05) is 41.5 Å². The fourth-order valence-electron chi connectivity index (χ4n) is 2.81. The first-order chi connectivity index (χ1) is 10.4. The van der Waals surface area contributed by atoms with Crippen molar-refractivity contribution in [1.82, 2.24) is 5.32 Å². The minimum Gasteiger partial charge on any atom is -0.480 e. The number of amides is 1. The standard InChI is InChI=1S/C18H23NO3/c1-4-5-6-15(16(20)21)19-17(22)18(7-8-18)14-10-12(2)9-13(3)11-14/h4-5,9-11,15H,6-8H2,1-3H3,(H,19,22)(H,20,21)/b5-4+. The van der Waals surface area contributed by atoms with Crippen molar-refractivity contribution in [1.29, 1.82) is 0 Å². The van der Waals surface area contributed by atoms with Gasteiger partial charge in [-0.3, -0.25) is 4.79 Å². The number of hydrogen-bond donors (Lipinski definition) is 2. The highest BCUT2D eigenvalue weighted by Gasteiger charge is 2.52. The van der Waals surface area contributed by atoms with E-state index in [4.69, 9.17) is 0 Å². The summed E-state index contributed by atoms with van der Waals surface area (Å²) in [6.45, 7) is 5.85. The summed E-state index contributed by atoms with van der Waals surface area (Å²) in [4.78, 5) is 23.9. The van der Waals surface area contributed by atoms with E-state index in [1.54, 1.807) is 12.2 Å². The number of aliphatic carboxylic acids is 1. The number of allylic oxidation sites excluding steroid dienone is 1. The van der Waals surface area contributed by atoms with Crippen LogP contribution >= 0.6 is 0 Å². The van der Waals surface area contributed by atoms with Gasteiger partial charge in [-0.05, 0) is 45.6 Å². The van der Waals surface area contributed by atoms with Gasteiger partial charge < -0.3 is 10.4 Å². The van der Waals surface area contributed by atoms with Crippen molar-refractivity contribution in [3.05, 3.63) is 47.0 Å². The summed E-state index contributed by atoms with van der Waals surface area (Å²) >= 11 is 0. The zero-order valence-corrected chi connectivity index (χ0v) is 13.3. The number of carbonyl (C=O) groups excluding carboxylic acids is 1. The average Bonchev–Trinajstić information content (AvgIpc) is 3.23. The van der Waals surface area contributed by atoms with Gasteiger partial charge in [0.05, 0.1) is 5.41 Å². The van der Waals surface area contributed by atoms with Crippen LogP contribution in [0.25, 0.3) is 0 Å². The van der Waals surface area contributed by atoms with Crippen LogP contribution in [0.2, 0.25) is 0 Å². The highest BCUT2D eigenvalue weighted by Crippen LogP contribution is 2.49. The van der Waals surface area contributed by atoms with Gasteiger partial charge in [0.15, 0.2) is 0 Å². The normalized spacial score (nSPS) is 17.2. The maximum absolute atomic E-state index is 12.6. The fraction of sp³-hybridized carbons (Fsp3) is 0.444. The van der Waals surface area contributed by atoms with E-state index in [-0.39, 0.29) is 5.91 Å². The second kappa shape index (κ2) is 6.34. The smallest absolute Gasteiger partial charge is 0.326 e. The quantitative estimate of drug-likeness (QED) is 0.794. The number of benzene rings is 1. The molecule has 22 heavy (non-hydrogen) atoms. The van der Waals surface area contributed by atoms with Gasteiger partial charge in [0.1, 0.15) is 6.04 Å². The van der Waals surface area contributed by atoms with Crippen molar-refractivity contribution in [2.24, 2.45) is 0 Å². The average molecular weight is 301 g/mol. The molecule has 0 aliphatic heterocycles. The molecule has 1 fully saturated rings. The third-order valence-corrected chi connectivity index (χ3v) is 4.17. The molecule has 118 valence electrons. The summed E-state index contributed by atoms with van der Waals surface area (Å²) < 4.78 is 0. The lowest BCUT2D eigenvalue weighted by molar-refractivity contribution is -0.142. The Balaban J connectivity index is 2.18. The van der Waals surface area contributed by atoms with Crippen LogP contribution in [0.4, 0.5) is 0 Å². The van der Waals surface area contributed by atoms with Crippen LogP contribution in [0.15, 0.2) is 30.4 Å². The number of carboxylic acids is 1. The van der Waals surface area contributed by atoms with Gasteiger partial charge >= 0.3 is 5.97 Å². The first kappa shape index (κ1) is 16.3. The van der Waals surface area contributed by atoms with Gasteiger partial charge in [0.25, 0.3) is 0 Å². The molecule has 2 N–H and O–H groups in total. The Hall–Kier alpha value is -2.10. The van der Waals surface area contributed by atoms with Crippen LogP contribution in [-0.2, 0) is 15.0 Å². The van der Waals surface area contributed by atoms with Crippen LogP contribution < -0.4 is 5.32 Å². The van der Waals surface area contributed by atoms with Crippen molar-refractivity contribution >= 4 is 11.9 Å². The summed E-state index contributed by atoms with van der Waals surface area (Å²) in [5.74, 6) is -1.17. The van der Waals surface area contributed by atoms with E-state index >= 15 is 0 Å². The minimum atomic E-state index is -0.998. The first-order valence-electron chi connectivity index (χ1n) is 7.63. The van der Waals surface area contributed by atoms with Crippen LogP contribution in [0.3, 0.4) is 0 Å². The maximum atomic E-state index is 12.6. The topological polar surface area (TPSA) is 66.4 Å². The van der Waals surface area contributed by atoms with Crippen LogP contribution in [0, 0.1) is 13.8 Å². The Morgan fingerprint density at radius 3 is 2.32 bits per heavy atom. The van der Waals surface area contributed by atoms with E-state index in [1.807, 2.05) is 32.9 Å². The highest BCUT2D eigenvalue weighted by atomic mass is 16.4. The van der Waals surface area contributed by atoms with Crippen molar-refractivity contribution in [3.63, 3.8) is 0 Å². The molecule has 1 aromatic carbocycles. The van der Waals surface area contributed by atoms with Crippen molar-refractivity contribution in [2.75, 3.05) is 0 Å². The zero-order chi connectivity index (χ0) is 16.3. The number of carbonyl (C=O) groups is 2. The second-order valence-corrected chi connectivity index (χ2v) is 6.13. The molecule has 4 nitrogen and oxygen atoms in total. The number of aryl methyl sites for hydroxylation is 2. The summed E-state index contributed by atoms with van der Waals surface area (Å²) in [6, 6.07) is 5.26. The molecule has 0 heterocycles. The number of rotatable bonds is 6. The molecule has 2 rings (SSSR count). The van der Waals surface area contributed by atoms with Crippen LogP contribution in [0.5, 0.6) is 0 Å². The Morgan fingerprint density at radius 2 is 1.86 bits per heavy atom. The van der Waals surface area contributed by atoms with E-state index < -0.39 is 17.4 Å². The fourth-order valence-corrected chi connectivity index (χ4v) is 2.81. The molecule has 1 amide bonds. The summed E-state index contributed by atoms with van der Waals surface area (Å²) in [7, 11) is 0. The molecule has 1 atom stereocenters. The molecule has 0 aromatic heterocycles. The number of carboxylic acid groups (broad SMARTS) is 1. The molecule has 0 radical (unpaired) electrons. The zero-order valence-electron chi connectivity index (χ0n) is 13.3. The summed E-state index contributed by atoms with van der Waals surface area (Å²) in [5, 5.41) is 11.9. The van der Waals surface area contributed by atoms with Crippen molar-refractivity contribution < 1.29 is 14.7 Å². The van der Waals surface area contributed by atoms with E-state index in [0.29, 0.717) is 6.42 Å². The monoisotopic (exact) mass is 301 g/mol. The molecular formula is C18H23NO3. The Kier molecular flexibility index (Phi) is 4.69.